The summed E-state index contributed by atoms with van der Waals surface area (Å²) in [4.78, 5) is 26.8. The number of fused-ring (bicyclic) bond motifs is 2. The lowest BCUT2D eigenvalue weighted by atomic mass is 9.73. The fourth-order valence-corrected chi connectivity index (χ4v) is 6.32. The molecule has 1 aliphatic carbocycles. The van der Waals surface area contributed by atoms with E-state index < -0.39 is 11.0 Å². The molecule has 9 nitrogen and oxygen atoms in total. The Morgan fingerprint density at radius 1 is 1.31 bits per heavy atom. The lowest BCUT2D eigenvalue weighted by Crippen LogP contribution is -2.48. The molecule has 32 heavy (non-hydrogen) atoms. The summed E-state index contributed by atoms with van der Waals surface area (Å²) < 4.78 is 16.8. The van der Waals surface area contributed by atoms with Crippen LogP contribution in [0.3, 0.4) is 0 Å². The molecular formula is C21H26IN7O2S. The molecule has 170 valence electrons. The van der Waals surface area contributed by atoms with Crippen molar-refractivity contribution >= 4 is 50.6 Å². The van der Waals surface area contributed by atoms with Gasteiger partial charge in [-0.3, -0.25) is 19.9 Å². The Kier molecular flexibility index (Phi) is 5.40. The number of aromatic nitrogens is 5. The molecule has 3 aromatic rings. The summed E-state index contributed by atoms with van der Waals surface area (Å²) in [7, 11) is -1.19. The summed E-state index contributed by atoms with van der Waals surface area (Å²) in [6.45, 7) is 7.44. The van der Waals surface area contributed by atoms with Gasteiger partial charge in [-0.05, 0) is 79.7 Å². The molecule has 0 radical (unpaired) electrons. The van der Waals surface area contributed by atoms with Crippen LogP contribution in [0, 0.1) is 9.12 Å². The van der Waals surface area contributed by atoms with Gasteiger partial charge in [0.15, 0.2) is 5.65 Å². The first-order chi connectivity index (χ1) is 15.2. The van der Waals surface area contributed by atoms with Crippen LogP contribution in [0.2, 0.25) is 0 Å². The fraction of sp³-hybridized carbons (Fsp3) is 0.524. The van der Waals surface area contributed by atoms with Crippen molar-refractivity contribution in [2.45, 2.75) is 50.8 Å². The molecule has 1 aliphatic heterocycles. The minimum atomic E-state index is -1.19. The summed E-state index contributed by atoms with van der Waals surface area (Å²) in [6.07, 6.45) is 4.45. The van der Waals surface area contributed by atoms with Crippen LogP contribution >= 0.6 is 22.6 Å². The number of piperidine rings is 1. The normalized spacial score (nSPS) is 21.2. The van der Waals surface area contributed by atoms with E-state index in [1.165, 1.54) is 0 Å². The Labute approximate surface area is 201 Å². The number of nitrogens with zero attached hydrogens (tertiary/aromatic N) is 4. The predicted molar refractivity (Wildman–Crippen MR) is 133 cm³/mol. The van der Waals surface area contributed by atoms with Gasteiger partial charge in [-0.2, -0.15) is 10.1 Å². The first kappa shape index (κ1) is 22.0. The quantitative estimate of drug-likeness (QED) is 0.419. The monoisotopic (exact) mass is 567 g/mol. The standard InChI is InChI=1S/C21H26IN7O2S/c1-20(2,3)32(31)28-15-12-5-4-8-23-13(12)11-21(15)6-9-29(10-7-21)19-24-17-14(18(30)25-19)16(22)26-27-17/h4-5,8,15,28H,6-7,9-11H2,1-3H3,(H2,24,25,26,27,30)/t15-,32?/m1/s1. The van der Waals surface area contributed by atoms with Crippen LogP contribution in [0.5, 0.6) is 0 Å². The average Bonchev–Trinajstić information content (AvgIpc) is 3.26. The largest absolute Gasteiger partial charge is 0.342 e. The number of aromatic amines is 2. The van der Waals surface area contributed by atoms with Crippen molar-refractivity contribution in [2.75, 3.05) is 18.0 Å². The second kappa shape index (κ2) is 7.87. The van der Waals surface area contributed by atoms with Crippen molar-refractivity contribution in [1.82, 2.24) is 29.9 Å². The van der Waals surface area contributed by atoms with Crippen molar-refractivity contribution in [1.29, 1.82) is 0 Å². The van der Waals surface area contributed by atoms with Gasteiger partial charge in [0.25, 0.3) is 5.56 Å². The van der Waals surface area contributed by atoms with Crippen LogP contribution in [0.1, 0.15) is 50.9 Å². The smallest absolute Gasteiger partial charge is 0.264 e. The second-order valence-corrected chi connectivity index (χ2v) is 12.7. The summed E-state index contributed by atoms with van der Waals surface area (Å²) in [5, 5.41) is 7.48. The number of pyridine rings is 1. The highest BCUT2D eigenvalue weighted by Gasteiger charge is 2.49. The van der Waals surface area contributed by atoms with Gasteiger partial charge in [-0.1, -0.05) is 6.07 Å². The zero-order valence-corrected chi connectivity index (χ0v) is 21.2. The van der Waals surface area contributed by atoms with Gasteiger partial charge in [-0.25, -0.2) is 8.93 Å². The van der Waals surface area contributed by atoms with Crippen LogP contribution in [0.4, 0.5) is 5.95 Å². The van der Waals surface area contributed by atoms with Gasteiger partial charge >= 0.3 is 0 Å². The Morgan fingerprint density at radius 2 is 2.06 bits per heavy atom. The Balaban J connectivity index is 1.42. The highest BCUT2D eigenvalue weighted by Crippen LogP contribution is 2.52. The Morgan fingerprint density at radius 3 is 2.78 bits per heavy atom. The minimum absolute atomic E-state index is 0.0178. The van der Waals surface area contributed by atoms with Crippen LogP contribution < -0.4 is 15.2 Å². The maximum atomic E-state index is 13.0. The third kappa shape index (κ3) is 3.67. The highest BCUT2D eigenvalue weighted by molar-refractivity contribution is 14.1. The zero-order valence-electron chi connectivity index (χ0n) is 18.2. The Hall–Kier alpha value is -1.86. The number of rotatable bonds is 3. The van der Waals surface area contributed by atoms with E-state index in [4.69, 9.17) is 0 Å². The number of hydrogen-bond acceptors (Lipinski definition) is 6. The molecule has 0 saturated carbocycles. The number of anilines is 1. The third-order valence-corrected chi connectivity index (χ3v) is 8.92. The molecule has 1 spiro atoms. The maximum Gasteiger partial charge on any atom is 0.264 e. The topological polar surface area (TPSA) is 120 Å². The van der Waals surface area contributed by atoms with Crippen molar-refractivity contribution < 1.29 is 4.21 Å². The first-order valence-corrected chi connectivity index (χ1v) is 12.9. The number of nitrogens with one attached hydrogen (secondary N) is 3. The minimum Gasteiger partial charge on any atom is -0.342 e. The molecule has 1 unspecified atom stereocenters. The van der Waals surface area contributed by atoms with Crippen molar-refractivity contribution in [3.05, 3.63) is 43.6 Å². The van der Waals surface area contributed by atoms with E-state index in [1.807, 2.05) is 33.0 Å². The second-order valence-electron chi connectivity index (χ2n) is 9.62. The van der Waals surface area contributed by atoms with Crippen LogP contribution in [-0.4, -0.2) is 47.2 Å². The summed E-state index contributed by atoms with van der Waals surface area (Å²) in [6, 6.07) is 4.04. The van der Waals surface area contributed by atoms with Crippen molar-refractivity contribution in [3.8, 4) is 0 Å². The number of halogens is 1. The van der Waals surface area contributed by atoms with E-state index in [9.17, 15) is 9.00 Å². The molecule has 0 aromatic carbocycles. The molecule has 4 heterocycles. The summed E-state index contributed by atoms with van der Waals surface area (Å²) in [5.74, 6) is 0.552. The fourth-order valence-electron chi connectivity index (χ4n) is 4.76. The van der Waals surface area contributed by atoms with Gasteiger partial charge in [0.1, 0.15) is 9.09 Å². The molecule has 11 heteroatoms. The van der Waals surface area contributed by atoms with E-state index in [0.717, 1.165) is 43.6 Å². The Bertz CT molecular complexity index is 1260. The van der Waals surface area contributed by atoms with Gasteiger partial charge in [0.2, 0.25) is 5.95 Å². The molecule has 3 N–H and O–H groups in total. The van der Waals surface area contributed by atoms with Crippen LogP contribution in [-0.2, 0) is 17.4 Å². The SMILES string of the molecule is CC(C)(C)S(=O)N[C@@H]1c2cccnc2CC12CCN(c1nc3n[nH]c(I)c3c(=O)[nH]1)CC2. The van der Waals surface area contributed by atoms with E-state index in [-0.39, 0.29) is 21.8 Å². The molecule has 1 fully saturated rings. The molecule has 3 aromatic heterocycles. The number of H-pyrrole nitrogens is 2. The summed E-state index contributed by atoms with van der Waals surface area (Å²) >= 11 is 2.05. The van der Waals surface area contributed by atoms with Gasteiger partial charge in [0.05, 0.1) is 21.8 Å². The van der Waals surface area contributed by atoms with E-state index >= 15 is 0 Å². The molecule has 0 amide bonds. The van der Waals surface area contributed by atoms with E-state index in [2.05, 4.69) is 63.4 Å². The average molecular weight is 567 g/mol. The van der Waals surface area contributed by atoms with Crippen LogP contribution in [0.15, 0.2) is 23.1 Å². The van der Waals surface area contributed by atoms with Gasteiger partial charge < -0.3 is 4.90 Å². The lowest BCUT2D eigenvalue weighted by molar-refractivity contribution is 0.176. The number of hydrogen-bond donors (Lipinski definition) is 3. The molecule has 2 aliphatic rings. The van der Waals surface area contributed by atoms with Crippen molar-refractivity contribution in [2.24, 2.45) is 5.41 Å². The highest BCUT2D eigenvalue weighted by atomic mass is 127. The molecule has 1 saturated heterocycles. The first-order valence-electron chi connectivity index (χ1n) is 10.7. The molecule has 2 atom stereocenters. The van der Waals surface area contributed by atoms with E-state index in [1.54, 1.807) is 0 Å². The van der Waals surface area contributed by atoms with Gasteiger partial charge in [-0.15, -0.1) is 0 Å². The third-order valence-electron chi connectivity index (χ3n) is 6.58. The predicted octanol–water partition coefficient (Wildman–Crippen LogP) is 2.58. The van der Waals surface area contributed by atoms with Gasteiger partial charge in [0, 0.05) is 25.0 Å². The zero-order chi connectivity index (χ0) is 22.7. The maximum absolute atomic E-state index is 13.0. The van der Waals surface area contributed by atoms with Crippen molar-refractivity contribution in [3.63, 3.8) is 0 Å². The summed E-state index contributed by atoms with van der Waals surface area (Å²) in [5.41, 5.74) is 2.42. The lowest BCUT2D eigenvalue weighted by Gasteiger charge is -2.43. The van der Waals surface area contributed by atoms with Crippen LogP contribution in [0.25, 0.3) is 11.0 Å². The van der Waals surface area contributed by atoms with E-state index in [0.29, 0.717) is 20.7 Å². The molecule has 5 rings (SSSR count). The molecule has 0 bridgehead atoms. The molecular weight excluding hydrogens is 541 g/mol.